The monoisotopic (exact) mass is 462 g/mol. The molecule has 0 aliphatic carbocycles. The lowest BCUT2D eigenvalue weighted by atomic mass is 9.98. The molecule has 2 amide bonds. The number of hydrogen-bond donors (Lipinski definition) is 1. The van der Waals surface area contributed by atoms with Crippen molar-refractivity contribution in [1.29, 1.82) is 0 Å². The molecule has 0 heterocycles. The molecule has 0 atom stereocenters. The molecule has 4 rings (SSSR count). The molecule has 0 bridgehead atoms. The number of rotatable bonds is 6. The summed E-state index contributed by atoms with van der Waals surface area (Å²) in [4.78, 5) is 39.5. The molecule has 0 spiro atoms. The molecule has 35 heavy (non-hydrogen) atoms. The van der Waals surface area contributed by atoms with Crippen LogP contribution in [0.25, 0.3) is 11.1 Å². The van der Waals surface area contributed by atoms with E-state index in [1.54, 1.807) is 61.6 Å². The van der Waals surface area contributed by atoms with Gasteiger partial charge in [-0.2, -0.15) is 0 Å². The third-order valence-electron chi connectivity index (χ3n) is 5.87. The third kappa shape index (κ3) is 5.20. The number of Topliss-reactive ketones (excluding diaryl/α,β-unsaturated/α-hetero) is 1. The van der Waals surface area contributed by atoms with E-state index in [0.29, 0.717) is 28.1 Å². The van der Waals surface area contributed by atoms with Gasteiger partial charge >= 0.3 is 0 Å². The number of hydrogen-bond acceptors (Lipinski definition) is 3. The fraction of sp³-hybridized carbons (Fsp3) is 0.100. The number of carbonyl (C=O) groups is 3. The Bertz CT molecular complexity index is 1390. The van der Waals surface area contributed by atoms with Gasteiger partial charge in [0.05, 0.1) is 5.69 Å². The summed E-state index contributed by atoms with van der Waals surface area (Å²) in [5.41, 5.74) is 5.60. The Kier molecular flexibility index (Phi) is 6.88. The molecule has 5 nitrogen and oxygen atoms in total. The number of anilines is 2. The standard InChI is InChI=1S/C30H26N2O3/c1-20-12-14-22(15-13-20)26-9-4-5-10-27(26)29(34)31-24-18-16-23(17-19-24)30(35)32(3)28-11-7-6-8-25(28)21(2)33/h4-19H,1-3H3,(H,31,34). The predicted molar refractivity (Wildman–Crippen MR) is 140 cm³/mol. The minimum absolute atomic E-state index is 0.107. The zero-order valence-corrected chi connectivity index (χ0v) is 19.9. The Morgan fingerprint density at radius 3 is 1.97 bits per heavy atom. The number of nitrogens with zero attached hydrogens (tertiary/aromatic N) is 1. The summed E-state index contributed by atoms with van der Waals surface area (Å²) < 4.78 is 0. The maximum atomic E-state index is 13.1. The summed E-state index contributed by atoms with van der Waals surface area (Å²) in [6.07, 6.45) is 0. The molecule has 5 heteroatoms. The Hall–Kier alpha value is -4.51. The number of para-hydroxylation sites is 1. The SMILES string of the molecule is CC(=O)c1ccccc1N(C)C(=O)c1ccc(NC(=O)c2ccccc2-c2ccc(C)cc2)cc1. The average molecular weight is 463 g/mol. The highest BCUT2D eigenvalue weighted by Gasteiger charge is 2.18. The molecule has 0 aromatic heterocycles. The zero-order chi connectivity index (χ0) is 24.9. The van der Waals surface area contributed by atoms with E-state index in [2.05, 4.69) is 5.32 Å². The highest BCUT2D eigenvalue weighted by Crippen LogP contribution is 2.26. The van der Waals surface area contributed by atoms with Crippen LogP contribution in [0.2, 0.25) is 0 Å². The van der Waals surface area contributed by atoms with Crippen LogP contribution in [0.15, 0.2) is 97.1 Å². The molecule has 0 fully saturated rings. The van der Waals surface area contributed by atoms with Gasteiger partial charge in [-0.05, 0) is 67.4 Å². The van der Waals surface area contributed by atoms with Crippen molar-refractivity contribution < 1.29 is 14.4 Å². The van der Waals surface area contributed by atoms with E-state index in [1.165, 1.54) is 11.8 Å². The van der Waals surface area contributed by atoms with Gasteiger partial charge in [-0.25, -0.2) is 0 Å². The van der Waals surface area contributed by atoms with Gasteiger partial charge in [0.25, 0.3) is 11.8 Å². The van der Waals surface area contributed by atoms with E-state index in [0.717, 1.165) is 16.7 Å². The molecule has 0 aliphatic rings. The first-order valence-corrected chi connectivity index (χ1v) is 11.3. The van der Waals surface area contributed by atoms with Crippen LogP contribution < -0.4 is 10.2 Å². The van der Waals surface area contributed by atoms with E-state index >= 15 is 0 Å². The van der Waals surface area contributed by atoms with Crippen LogP contribution in [0.1, 0.15) is 43.6 Å². The van der Waals surface area contributed by atoms with Crippen molar-refractivity contribution >= 4 is 29.0 Å². The van der Waals surface area contributed by atoms with Gasteiger partial charge in [0, 0.05) is 29.4 Å². The van der Waals surface area contributed by atoms with Gasteiger partial charge in [-0.15, -0.1) is 0 Å². The van der Waals surface area contributed by atoms with E-state index in [-0.39, 0.29) is 17.6 Å². The molecule has 0 unspecified atom stereocenters. The first kappa shape index (κ1) is 23.6. The Labute approximate surface area is 205 Å². The zero-order valence-electron chi connectivity index (χ0n) is 19.9. The lowest BCUT2D eigenvalue weighted by Gasteiger charge is -2.20. The third-order valence-corrected chi connectivity index (χ3v) is 5.87. The molecule has 4 aromatic carbocycles. The van der Waals surface area contributed by atoms with Gasteiger partial charge in [-0.3, -0.25) is 14.4 Å². The van der Waals surface area contributed by atoms with Crippen molar-refractivity contribution in [2.24, 2.45) is 0 Å². The predicted octanol–water partition coefficient (Wildman–Crippen LogP) is 6.39. The molecular weight excluding hydrogens is 436 g/mol. The van der Waals surface area contributed by atoms with Crippen LogP contribution in [0.5, 0.6) is 0 Å². The van der Waals surface area contributed by atoms with Crippen LogP contribution >= 0.6 is 0 Å². The van der Waals surface area contributed by atoms with Crippen molar-refractivity contribution in [1.82, 2.24) is 0 Å². The highest BCUT2D eigenvalue weighted by molar-refractivity contribution is 6.11. The smallest absolute Gasteiger partial charge is 0.258 e. The second kappa shape index (κ2) is 10.2. The Morgan fingerprint density at radius 1 is 0.714 bits per heavy atom. The van der Waals surface area contributed by atoms with E-state index in [9.17, 15) is 14.4 Å². The van der Waals surface area contributed by atoms with Gasteiger partial charge < -0.3 is 10.2 Å². The van der Waals surface area contributed by atoms with Crippen LogP contribution in [0, 0.1) is 6.92 Å². The van der Waals surface area contributed by atoms with E-state index in [1.807, 2.05) is 49.4 Å². The van der Waals surface area contributed by atoms with Gasteiger partial charge in [0.1, 0.15) is 0 Å². The largest absolute Gasteiger partial charge is 0.322 e. The number of benzene rings is 4. The number of ketones is 1. The summed E-state index contributed by atoms with van der Waals surface area (Å²) in [6.45, 7) is 3.50. The van der Waals surface area contributed by atoms with Crippen molar-refractivity contribution in [3.05, 3.63) is 119 Å². The van der Waals surface area contributed by atoms with E-state index < -0.39 is 0 Å². The molecule has 174 valence electrons. The van der Waals surface area contributed by atoms with Crippen molar-refractivity contribution in [2.45, 2.75) is 13.8 Å². The summed E-state index contributed by atoms with van der Waals surface area (Å²) in [6, 6.07) is 29.2. The number of amides is 2. The molecule has 4 aromatic rings. The van der Waals surface area contributed by atoms with Crippen LogP contribution in [-0.2, 0) is 0 Å². The van der Waals surface area contributed by atoms with Crippen molar-refractivity contribution in [2.75, 3.05) is 17.3 Å². The normalized spacial score (nSPS) is 10.5. The molecular formula is C30H26N2O3. The minimum Gasteiger partial charge on any atom is -0.322 e. The highest BCUT2D eigenvalue weighted by atomic mass is 16.2. The Morgan fingerprint density at radius 2 is 1.31 bits per heavy atom. The molecule has 0 aliphatic heterocycles. The number of carbonyl (C=O) groups excluding carboxylic acids is 3. The van der Waals surface area contributed by atoms with Gasteiger partial charge in [0.15, 0.2) is 5.78 Å². The topological polar surface area (TPSA) is 66.5 Å². The summed E-state index contributed by atoms with van der Waals surface area (Å²) >= 11 is 0. The van der Waals surface area contributed by atoms with Gasteiger partial charge in [0.2, 0.25) is 0 Å². The first-order valence-electron chi connectivity index (χ1n) is 11.3. The van der Waals surface area contributed by atoms with E-state index in [4.69, 9.17) is 0 Å². The fourth-order valence-electron chi connectivity index (χ4n) is 3.93. The minimum atomic E-state index is -0.249. The van der Waals surface area contributed by atoms with Crippen LogP contribution in [-0.4, -0.2) is 24.6 Å². The second-order valence-electron chi connectivity index (χ2n) is 8.38. The van der Waals surface area contributed by atoms with Crippen LogP contribution in [0.4, 0.5) is 11.4 Å². The quantitative estimate of drug-likeness (QED) is 0.338. The van der Waals surface area contributed by atoms with Crippen molar-refractivity contribution in [3.8, 4) is 11.1 Å². The van der Waals surface area contributed by atoms with Crippen molar-refractivity contribution in [3.63, 3.8) is 0 Å². The summed E-state index contributed by atoms with van der Waals surface area (Å²) in [5.74, 6) is -0.585. The molecule has 1 N–H and O–H groups in total. The fourth-order valence-corrected chi connectivity index (χ4v) is 3.93. The average Bonchev–Trinajstić information content (AvgIpc) is 2.88. The molecule has 0 radical (unpaired) electrons. The number of aryl methyl sites for hydroxylation is 1. The lowest BCUT2D eigenvalue weighted by molar-refractivity contribution is 0.0991. The van der Waals surface area contributed by atoms with Gasteiger partial charge in [-0.1, -0.05) is 60.2 Å². The lowest BCUT2D eigenvalue weighted by Crippen LogP contribution is -2.27. The molecule has 0 saturated carbocycles. The maximum absolute atomic E-state index is 13.1. The number of nitrogens with one attached hydrogen (secondary N) is 1. The maximum Gasteiger partial charge on any atom is 0.258 e. The van der Waals surface area contributed by atoms with Crippen LogP contribution in [0.3, 0.4) is 0 Å². The first-order chi connectivity index (χ1) is 16.8. The summed E-state index contributed by atoms with van der Waals surface area (Å²) in [7, 11) is 1.64. The molecule has 0 saturated heterocycles. The Balaban J connectivity index is 1.52. The second-order valence-corrected chi connectivity index (χ2v) is 8.38. The summed E-state index contributed by atoms with van der Waals surface area (Å²) in [5, 5.41) is 2.92.